The van der Waals surface area contributed by atoms with Crippen molar-refractivity contribution in [2.75, 3.05) is 20.8 Å². The number of hydrogen-bond acceptors (Lipinski definition) is 5. The van der Waals surface area contributed by atoms with E-state index in [0.717, 1.165) is 36.6 Å². The molecule has 0 spiro atoms. The molecule has 1 saturated carbocycles. The van der Waals surface area contributed by atoms with Crippen LogP contribution in [0.3, 0.4) is 0 Å². The molecule has 4 nitrogen and oxygen atoms in total. The molecule has 2 atom stereocenters. The molecule has 0 aromatic carbocycles. The Morgan fingerprint density at radius 2 is 2.24 bits per heavy atom. The van der Waals surface area contributed by atoms with Gasteiger partial charge in [0.15, 0.2) is 0 Å². The fraction of sp³-hybridized carbons (Fsp3) is 0.812. The topological polar surface area (TPSA) is 43.4 Å². The molecular formula is C16H28N2O2S. The van der Waals surface area contributed by atoms with Gasteiger partial charge in [-0.1, -0.05) is 20.3 Å². The van der Waals surface area contributed by atoms with Gasteiger partial charge in [0.1, 0.15) is 10.6 Å². The van der Waals surface area contributed by atoms with E-state index in [0.29, 0.717) is 12.5 Å². The average molecular weight is 312 g/mol. The van der Waals surface area contributed by atoms with Gasteiger partial charge in [-0.2, -0.15) is 0 Å². The van der Waals surface area contributed by atoms with Crippen LogP contribution in [0.4, 0.5) is 0 Å². The summed E-state index contributed by atoms with van der Waals surface area (Å²) in [6, 6.07) is 0. The zero-order chi connectivity index (χ0) is 15.3. The lowest BCUT2D eigenvalue weighted by molar-refractivity contribution is -0.0582. The normalized spacial score (nSPS) is 26.2. The molecule has 2 rings (SSSR count). The van der Waals surface area contributed by atoms with E-state index in [-0.39, 0.29) is 5.60 Å². The van der Waals surface area contributed by atoms with Crippen LogP contribution in [0.1, 0.15) is 55.1 Å². The van der Waals surface area contributed by atoms with Gasteiger partial charge in [-0.25, -0.2) is 4.98 Å². The van der Waals surface area contributed by atoms with Crippen molar-refractivity contribution in [2.45, 2.75) is 58.3 Å². The van der Waals surface area contributed by atoms with E-state index in [1.54, 1.807) is 18.4 Å². The van der Waals surface area contributed by atoms with E-state index in [1.165, 1.54) is 17.7 Å². The summed E-state index contributed by atoms with van der Waals surface area (Å²) in [6.45, 7) is 6.84. The number of methoxy groups -OCH3 is 2. The molecule has 1 aromatic heterocycles. The van der Waals surface area contributed by atoms with Gasteiger partial charge in [0.25, 0.3) is 0 Å². The predicted octanol–water partition coefficient (Wildman–Crippen LogP) is 3.45. The summed E-state index contributed by atoms with van der Waals surface area (Å²) in [7, 11) is 3.56. The number of aromatic nitrogens is 1. The van der Waals surface area contributed by atoms with Gasteiger partial charge in [-0.15, -0.1) is 11.3 Å². The van der Waals surface area contributed by atoms with E-state index in [9.17, 15) is 0 Å². The van der Waals surface area contributed by atoms with Gasteiger partial charge in [0.05, 0.1) is 12.3 Å². The van der Waals surface area contributed by atoms with Crippen molar-refractivity contribution < 1.29 is 9.47 Å². The van der Waals surface area contributed by atoms with Crippen molar-refractivity contribution >= 4 is 11.3 Å². The Morgan fingerprint density at radius 3 is 2.86 bits per heavy atom. The second kappa shape index (κ2) is 7.68. The van der Waals surface area contributed by atoms with Crippen molar-refractivity contribution in [1.29, 1.82) is 0 Å². The van der Waals surface area contributed by atoms with Gasteiger partial charge in [-0.3, -0.25) is 0 Å². The zero-order valence-electron chi connectivity index (χ0n) is 13.7. The Labute approximate surface area is 132 Å². The Kier molecular flexibility index (Phi) is 6.17. The highest BCUT2D eigenvalue weighted by atomic mass is 32.1. The Balaban J connectivity index is 2.28. The Hall–Kier alpha value is -0.490. The van der Waals surface area contributed by atoms with Gasteiger partial charge >= 0.3 is 0 Å². The van der Waals surface area contributed by atoms with Crippen molar-refractivity contribution in [1.82, 2.24) is 10.3 Å². The van der Waals surface area contributed by atoms with E-state index in [4.69, 9.17) is 14.5 Å². The smallest absolute Gasteiger partial charge is 0.125 e. The SMILES string of the molecule is CCNCc1sc(C2(OC)CCCC(C)C2)nc1COC. The zero-order valence-corrected chi connectivity index (χ0v) is 14.5. The molecule has 0 radical (unpaired) electrons. The number of rotatable bonds is 7. The summed E-state index contributed by atoms with van der Waals surface area (Å²) in [5, 5.41) is 4.53. The molecule has 1 heterocycles. The first-order valence-electron chi connectivity index (χ1n) is 7.89. The van der Waals surface area contributed by atoms with Crippen LogP contribution in [0.2, 0.25) is 0 Å². The molecule has 1 N–H and O–H groups in total. The van der Waals surface area contributed by atoms with Crippen molar-refractivity contribution in [2.24, 2.45) is 5.92 Å². The molecule has 1 aliphatic carbocycles. The third kappa shape index (κ3) is 3.83. The molecule has 1 aromatic rings. The van der Waals surface area contributed by atoms with Crippen LogP contribution in [0, 0.1) is 5.92 Å². The molecule has 2 unspecified atom stereocenters. The minimum absolute atomic E-state index is 0.185. The molecule has 0 saturated heterocycles. The fourth-order valence-electron chi connectivity index (χ4n) is 3.17. The summed E-state index contributed by atoms with van der Waals surface area (Å²) in [5.74, 6) is 0.700. The molecule has 0 bridgehead atoms. The summed E-state index contributed by atoms with van der Waals surface area (Å²) in [5.41, 5.74) is 0.878. The molecule has 1 aliphatic rings. The molecule has 5 heteroatoms. The van der Waals surface area contributed by atoms with Crippen LogP contribution >= 0.6 is 11.3 Å². The van der Waals surface area contributed by atoms with Crippen LogP contribution in [-0.2, 0) is 28.2 Å². The lowest BCUT2D eigenvalue weighted by Gasteiger charge is -2.37. The Bertz CT molecular complexity index is 449. The van der Waals surface area contributed by atoms with Crippen LogP contribution in [-0.4, -0.2) is 25.7 Å². The predicted molar refractivity (Wildman–Crippen MR) is 86.5 cm³/mol. The van der Waals surface area contributed by atoms with Crippen LogP contribution < -0.4 is 5.32 Å². The fourth-order valence-corrected chi connectivity index (χ4v) is 4.41. The average Bonchev–Trinajstić information content (AvgIpc) is 2.89. The highest BCUT2D eigenvalue weighted by Gasteiger charge is 2.39. The second-order valence-corrected chi connectivity index (χ2v) is 7.09. The third-order valence-corrected chi connectivity index (χ3v) is 5.61. The van der Waals surface area contributed by atoms with Crippen molar-refractivity contribution in [3.63, 3.8) is 0 Å². The quantitative estimate of drug-likeness (QED) is 0.837. The number of thiazole rings is 1. The number of hydrogen-bond donors (Lipinski definition) is 1. The summed E-state index contributed by atoms with van der Waals surface area (Å²) in [4.78, 5) is 6.16. The van der Waals surface area contributed by atoms with Gasteiger partial charge in [0.2, 0.25) is 0 Å². The van der Waals surface area contributed by atoms with E-state index >= 15 is 0 Å². The minimum Gasteiger partial charge on any atom is -0.378 e. The molecule has 120 valence electrons. The number of nitrogens with zero attached hydrogens (tertiary/aromatic N) is 1. The van der Waals surface area contributed by atoms with Gasteiger partial charge < -0.3 is 14.8 Å². The molecule has 21 heavy (non-hydrogen) atoms. The van der Waals surface area contributed by atoms with Gasteiger partial charge in [-0.05, 0) is 31.7 Å². The highest BCUT2D eigenvalue weighted by molar-refractivity contribution is 7.11. The standard InChI is InChI=1S/C16H28N2O2S/c1-5-17-10-14-13(11-19-3)18-15(21-14)16(20-4)8-6-7-12(2)9-16/h12,17H,5-11H2,1-4H3. The van der Waals surface area contributed by atoms with Crippen molar-refractivity contribution in [3.05, 3.63) is 15.6 Å². The van der Waals surface area contributed by atoms with Crippen molar-refractivity contribution in [3.8, 4) is 0 Å². The minimum atomic E-state index is -0.185. The maximum atomic E-state index is 5.97. The summed E-state index contributed by atoms with van der Waals surface area (Å²) in [6.07, 6.45) is 4.67. The maximum absolute atomic E-state index is 5.97. The van der Waals surface area contributed by atoms with E-state index in [2.05, 4.69) is 19.2 Å². The molecule has 0 aliphatic heterocycles. The largest absolute Gasteiger partial charge is 0.378 e. The number of nitrogens with one attached hydrogen (secondary N) is 1. The monoisotopic (exact) mass is 312 g/mol. The molecular weight excluding hydrogens is 284 g/mol. The van der Waals surface area contributed by atoms with Crippen LogP contribution in [0.25, 0.3) is 0 Å². The van der Waals surface area contributed by atoms with Gasteiger partial charge in [0, 0.05) is 25.6 Å². The first-order valence-corrected chi connectivity index (χ1v) is 8.70. The second-order valence-electron chi connectivity index (χ2n) is 6.00. The third-order valence-electron chi connectivity index (χ3n) is 4.33. The first kappa shape index (κ1) is 16.9. The van der Waals surface area contributed by atoms with E-state index < -0.39 is 0 Å². The lowest BCUT2D eigenvalue weighted by atomic mass is 9.79. The van der Waals surface area contributed by atoms with E-state index in [1.807, 2.05) is 7.11 Å². The lowest BCUT2D eigenvalue weighted by Crippen LogP contribution is -2.34. The maximum Gasteiger partial charge on any atom is 0.125 e. The number of ether oxygens (including phenoxy) is 2. The summed E-state index contributed by atoms with van der Waals surface area (Å²) >= 11 is 1.79. The molecule has 0 amide bonds. The van der Waals surface area contributed by atoms with Crippen LogP contribution in [0.5, 0.6) is 0 Å². The highest BCUT2D eigenvalue weighted by Crippen LogP contribution is 2.44. The first-order chi connectivity index (χ1) is 10.1. The summed E-state index contributed by atoms with van der Waals surface area (Å²) < 4.78 is 11.3. The van der Waals surface area contributed by atoms with Crippen LogP contribution in [0.15, 0.2) is 0 Å². The Morgan fingerprint density at radius 1 is 1.43 bits per heavy atom. The molecule has 1 fully saturated rings.